The van der Waals surface area contributed by atoms with Crippen LogP contribution in [-0.2, 0) is 24.1 Å². The van der Waals surface area contributed by atoms with Gasteiger partial charge >= 0.3 is 5.69 Å². The van der Waals surface area contributed by atoms with Gasteiger partial charge in [0.1, 0.15) is 5.82 Å². The Morgan fingerprint density at radius 3 is 2.24 bits per heavy atom. The number of nitrogens with one attached hydrogen (secondary N) is 1. The number of hydrogen-bond donors (Lipinski definition) is 2. The van der Waals surface area contributed by atoms with Crippen molar-refractivity contribution in [3.63, 3.8) is 0 Å². The highest BCUT2D eigenvalue weighted by Gasteiger charge is 2.29. The largest absolute Gasteiger partial charge is 0.384 e. The van der Waals surface area contributed by atoms with Crippen molar-refractivity contribution < 1.29 is 8.42 Å². The Morgan fingerprint density at radius 2 is 1.67 bits per heavy atom. The monoisotopic (exact) mass is 316 g/mol. The molecule has 1 aromatic rings. The van der Waals surface area contributed by atoms with E-state index in [-0.39, 0.29) is 11.9 Å². The molecule has 3 N–H and O–H groups in total. The van der Waals surface area contributed by atoms with Crippen LogP contribution in [-0.4, -0.2) is 23.6 Å². The molecule has 1 aromatic heterocycles. The highest BCUT2D eigenvalue weighted by Crippen LogP contribution is 2.20. The van der Waals surface area contributed by atoms with E-state index >= 15 is 0 Å². The van der Waals surface area contributed by atoms with E-state index in [0.717, 1.165) is 41.2 Å². The molecule has 1 aliphatic rings. The minimum Gasteiger partial charge on any atom is -0.384 e. The molecule has 0 aromatic carbocycles. The van der Waals surface area contributed by atoms with Gasteiger partial charge < -0.3 is 5.73 Å². The van der Waals surface area contributed by atoms with Gasteiger partial charge in [0.15, 0.2) is 4.90 Å². The van der Waals surface area contributed by atoms with Gasteiger partial charge in [0.05, 0.1) is 0 Å². The molecule has 0 spiro atoms. The molecule has 118 valence electrons. The van der Waals surface area contributed by atoms with Gasteiger partial charge in [0.2, 0.25) is 10.0 Å². The first kappa shape index (κ1) is 15.8. The highest BCUT2D eigenvalue weighted by atomic mass is 32.2. The van der Waals surface area contributed by atoms with Gasteiger partial charge in [-0.25, -0.2) is 17.9 Å². The molecule has 2 rings (SSSR count). The van der Waals surface area contributed by atoms with Gasteiger partial charge in [-0.05, 0) is 12.8 Å². The number of nitrogens with two attached hydrogens (primary N) is 1. The molecule has 1 heterocycles. The second kappa shape index (κ2) is 5.64. The molecule has 1 saturated carbocycles. The summed E-state index contributed by atoms with van der Waals surface area (Å²) in [7, 11) is -1.50. The Hall–Kier alpha value is -1.61. The van der Waals surface area contributed by atoms with Crippen LogP contribution in [0.2, 0.25) is 0 Å². The van der Waals surface area contributed by atoms with E-state index in [0.29, 0.717) is 0 Å². The van der Waals surface area contributed by atoms with E-state index in [9.17, 15) is 18.0 Å². The fourth-order valence-electron chi connectivity index (χ4n) is 2.58. The summed E-state index contributed by atoms with van der Waals surface area (Å²) >= 11 is 0. The van der Waals surface area contributed by atoms with E-state index in [1.54, 1.807) is 0 Å². The molecule has 9 heteroatoms. The van der Waals surface area contributed by atoms with Crippen molar-refractivity contribution in [2.45, 2.75) is 43.0 Å². The zero-order valence-electron chi connectivity index (χ0n) is 12.1. The lowest BCUT2D eigenvalue weighted by atomic mass is 9.96. The Bertz CT molecular complexity index is 757. The van der Waals surface area contributed by atoms with Crippen LogP contribution in [0.25, 0.3) is 0 Å². The summed E-state index contributed by atoms with van der Waals surface area (Å²) in [5.74, 6) is -0.341. The predicted molar refractivity (Wildman–Crippen MR) is 78.5 cm³/mol. The average molecular weight is 316 g/mol. The lowest BCUT2D eigenvalue weighted by Gasteiger charge is -2.23. The number of aromatic nitrogens is 2. The number of sulfonamides is 1. The van der Waals surface area contributed by atoms with Gasteiger partial charge in [-0.3, -0.25) is 13.9 Å². The molecule has 0 amide bonds. The minimum atomic E-state index is -4.05. The maximum atomic E-state index is 12.4. The van der Waals surface area contributed by atoms with Crippen LogP contribution >= 0.6 is 0 Å². The van der Waals surface area contributed by atoms with E-state index in [1.165, 1.54) is 14.1 Å². The van der Waals surface area contributed by atoms with Crippen molar-refractivity contribution in [2.75, 3.05) is 5.73 Å². The Labute approximate surface area is 122 Å². The summed E-state index contributed by atoms with van der Waals surface area (Å²) in [4.78, 5) is 23.3. The third kappa shape index (κ3) is 2.88. The van der Waals surface area contributed by atoms with Crippen molar-refractivity contribution in [1.82, 2.24) is 13.9 Å². The van der Waals surface area contributed by atoms with Gasteiger partial charge in [0.25, 0.3) is 5.56 Å². The second-order valence-corrected chi connectivity index (χ2v) is 7.03. The van der Waals surface area contributed by atoms with Gasteiger partial charge in [-0.15, -0.1) is 0 Å². The molecule has 21 heavy (non-hydrogen) atoms. The highest BCUT2D eigenvalue weighted by molar-refractivity contribution is 7.89. The third-order valence-electron chi connectivity index (χ3n) is 3.86. The average Bonchev–Trinajstić information content (AvgIpc) is 2.43. The number of hydrogen-bond acceptors (Lipinski definition) is 5. The molecular weight excluding hydrogens is 296 g/mol. The summed E-state index contributed by atoms with van der Waals surface area (Å²) in [5.41, 5.74) is 4.11. The van der Waals surface area contributed by atoms with E-state index < -0.39 is 26.2 Å². The molecule has 0 bridgehead atoms. The van der Waals surface area contributed by atoms with Crippen molar-refractivity contribution >= 4 is 15.8 Å². The van der Waals surface area contributed by atoms with Crippen molar-refractivity contribution in [2.24, 2.45) is 14.1 Å². The second-order valence-electron chi connectivity index (χ2n) is 5.38. The van der Waals surface area contributed by atoms with Crippen molar-refractivity contribution in [1.29, 1.82) is 0 Å². The SMILES string of the molecule is Cn1c(N)c(S(=O)(=O)NC2CCCCC2)c(=O)n(C)c1=O. The molecule has 1 aliphatic carbocycles. The smallest absolute Gasteiger partial charge is 0.332 e. The Morgan fingerprint density at radius 1 is 1.10 bits per heavy atom. The fourth-order valence-corrected chi connectivity index (χ4v) is 4.15. The number of nitrogens with zero attached hydrogens (tertiary/aromatic N) is 2. The summed E-state index contributed by atoms with van der Waals surface area (Å²) in [5, 5.41) is 0. The first-order valence-corrected chi connectivity index (χ1v) is 8.32. The zero-order valence-corrected chi connectivity index (χ0v) is 12.9. The first-order chi connectivity index (χ1) is 9.75. The molecule has 8 nitrogen and oxygen atoms in total. The normalized spacial score (nSPS) is 17.0. The molecular formula is C12H20N4O4S. The topological polar surface area (TPSA) is 116 Å². The van der Waals surface area contributed by atoms with Crippen LogP contribution in [0, 0.1) is 0 Å². The fraction of sp³-hybridized carbons (Fsp3) is 0.667. The van der Waals surface area contributed by atoms with Crippen molar-refractivity contribution in [3.05, 3.63) is 20.8 Å². The summed E-state index contributed by atoms with van der Waals surface area (Å²) < 4.78 is 29.1. The van der Waals surface area contributed by atoms with Crippen LogP contribution < -0.4 is 21.7 Å². The molecule has 0 aliphatic heterocycles. The number of rotatable bonds is 3. The van der Waals surface area contributed by atoms with Crippen LogP contribution in [0.3, 0.4) is 0 Å². The van der Waals surface area contributed by atoms with Gasteiger partial charge in [-0.1, -0.05) is 19.3 Å². The summed E-state index contributed by atoms with van der Waals surface area (Å²) in [6.45, 7) is 0. The lowest BCUT2D eigenvalue weighted by Crippen LogP contribution is -2.45. The summed E-state index contributed by atoms with van der Waals surface area (Å²) in [6.07, 6.45) is 4.47. The molecule has 1 fully saturated rings. The van der Waals surface area contributed by atoms with E-state index in [1.807, 2.05) is 0 Å². The molecule has 0 atom stereocenters. The third-order valence-corrected chi connectivity index (χ3v) is 5.43. The number of anilines is 1. The summed E-state index contributed by atoms with van der Waals surface area (Å²) in [6, 6.07) is -0.190. The molecule has 0 unspecified atom stereocenters. The van der Waals surface area contributed by atoms with E-state index in [4.69, 9.17) is 5.73 Å². The van der Waals surface area contributed by atoms with Gasteiger partial charge in [-0.2, -0.15) is 0 Å². The maximum Gasteiger partial charge on any atom is 0.332 e. The Kier molecular flexibility index (Phi) is 4.24. The van der Waals surface area contributed by atoms with Crippen molar-refractivity contribution in [3.8, 4) is 0 Å². The molecule has 0 radical (unpaired) electrons. The number of nitrogen functional groups attached to an aromatic ring is 1. The van der Waals surface area contributed by atoms with Gasteiger partial charge in [0, 0.05) is 20.1 Å². The maximum absolute atomic E-state index is 12.4. The molecule has 0 saturated heterocycles. The van der Waals surface area contributed by atoms with Crippen LogP contribution in [0.1, 0.15) is 32.1 Å². The zero-order chi connectivity index (χ0) is 15.8. The van der Waals surface area contributed by atoms with E-state index in [2.05, 4.69) is 4.72 Å². The predicted octanol–water partition coefficient (Wildman–Crippen LogP) is -0.723. The van der Waals surface area contributed by atoms with Crippen LogP contribution in [0.5, 0.6) is 0 Å². The quantitative estimate of drug-likeness (QED) is 0.763. The van der Waals surface area contributed by atoms with Crippen LogP contribution in [0.4, 0.5) is 5.82 Å². The minimum absolute atomic E-state index is 0.190. The Balaban J connectivity index is 2.50. The lowest BCUT2D eigenvalue weighted by molar-refractivity contribution is 0.411. The van der Waals surface area contributed by atoms with Crippen LogP contribution in [0.15, 0.2) is 14.5 Å². The first-order valence-electron chi connectivity index (χ1n) is 6.83. The standard InChI is InChI=1S/C12H20N4O4S/c1-15-10(13)9(11(17)16(2)12(15)18)21(19,20)14-8-6-4-3-5-7-8/h8,14H,3-7,13H2,1-2H3.